The number of halogens is 3. The second-order valence-corrected chi connectivity index (χ2v) is 5.64. The highest BCUT2D eigenvalue weighted by atomic mass is 79.9. The summed E-state index contributed by atoms with van der Waals surface area (Å²) in [6, 6.07) is 14.9. The Bertz CT molecular complexity index is 533. The van der Waals surface area contributed by atoms with Crippen molar-refractivity contribution in [2.45, 2.75) is 11.9 Å². The third-order valence-corrected chi connectivity index (χ3v) is 3.81. The van der Waals surface area contributed by atoms with Crippen LogP contribution < -0.4 is 5.32 Å². The molecule has 0 amide bonds. The van der Waals surface area contributed by atoms with Crippen LogP contribution in [0, 0.1) is 5.82 Å². The van der Waals surface area contributed by atoms with Crippen LogP contribution >= 0.6 is 27.5 Å². The van der Waals surface area contributed by atoms with Gasteiger partial charge in [-0.1, -0.05) is 36.4 Å². The molecule has 1 unspecified atom stereocenters. The normalized spacial score (nSPS) is 12.4. The average Bonchev–Trinajstić information content (AvgIpc) is 2.43. The van der Waals surface area contributed by atoms with E-state index in [4.69, 9.17) is 11.6 Å². The summed E-state index contributed by atoms with van der Waals surface area (Å²) in [5.74, 6) is -0.247. The zero-order chi connectivity index (χ0) is 13.7. The van der Waals surface area contributed by atoms with Gasteiger partial charge in [0.2, 0.25) is 0 Å². The van der Waals surface area contributed by atoms with Gasteiger partial charge in [-0.05, 0) is 39.2 Å². The van der Waals surface area contributed by atoms with Crippen LogP contribution in [0.3, 0.4) is 0 Å². The molecular formula is C15H14BrClFN. The Labute approximate surface area is 125 Å². The Morgan fingerprint density at radius 2 is 1.89 bits per heavy atom. The molecule has 0 aromatic heterocycles. The standard InChI is InChI=1S/C15H14BrClFN/c16-13-8-11(6-7-15(13)18)9-19-10-14(17)12-4-2-1-3-5-12/h1-8,14,19H,9-10H2. The highest BCUT2D eigenvalue weighted by molar-refractivity contribution is 9.10. The van der Waals surface area contributed by atoms with Crippen molar-refractivity contribution in [2.75, 3.05) is 6.54 Å². The van der Waals surface area contributed by atoms with Gasteiger partial charge in [0, 0.05) is 13.1 Å². The zero-order valence-corrected chi connectivity index (χ0v) is 12.6. The Balaban J connectivity index is 1.85. The van der Waals surface area contributed by atoms with E-state index in [-0.39, 0.29) is 11.2 Å². The minimum absolute atomic E-state index is 0.0647. The van der Waals surface area contributed by atoms with Crippen LogP contribution in [0.15, 0.2) is 53.0 Å². The topological polar surface area (TPSA) is 12.0 Å². The summed E-state index contributed by atoms with van der Waals surface area (Å²) >= 11 is 9.47. The molecular weight excluding hydrogens is 329 g/mol. The number of hydrogen-bond acceptors (Lipinski definition) is 1. The lowest BCUT2D eigenvalue weighted by Crippen LogP contribution is -2.18. The highest BCUT2D eigenvalue weighted by Crippen LogP contribution is 2.19. The molecule has 0 radical (unpaired) electrons. The van der Waals surface area contributed by atoms with Crippen LogP contribution in [0.25, 0.3) is 0 Å². The van der Waals surface area contributed by atoms with Gasteiger partial charge in [-0.3, -0.25) is 0 Å². The van der Waals surface area contributed by atoms with Crippen LogP contribution in [0.1, 0.15) is 16.5 Å². The van der Waals surface area contributed by atoms with Gasteiger partial charge >= 0.3 is 0 Å². The minimum Gasteiger partial charge on any atom is -0.311 e. The van der Waals surface area contributed by atoms with Gasteiger partial charge in [-0.15, -0.1) is 11.6 Å². The molecule has 0 aliphatic heterocycles. The van der Waals surface area contributed by atoms with Crippen LogP contribution in [0.5, 0.6) is 0 Å². The van der Waals surface area contributed by atoms with Gasteiger partial charge in [0.15, 0.2) is 0 Å². The van der Waals surface area contributed by atoms with Crippen molar-refractivity contribution in [3.05, 3.63) is 69.9 Å². The van der Waals surface area contributed by atoms with Crippen molar-refractivity contribution in [1.82, 2.24) is 5.32 Å². The first kappa shape index (κ1) is 14.5. The zero-order valence-electron chi connectivity index (χ0n) is 10.2. The lowest BCUT2D eigenvalue weighted by Gasteiger charge is -2.11. The highest BCUT2D eigenvalue weighted by Gasteiger charge is 2.06. The molecule has 1 N–H and O–H groups in total. The molecule has 0 saturated carbocycles. The number of hydrogen-bond donors (Lipinski definition) is 1. The van der Waals surface area contributed by atoms with E-state index in [1.807, 2.05) is 30.3 Å². The third-order valence-electron chi connectivity index (χ3n) is 2.80. The molecule has 0 fully saturated rings. The maximum Gasteiger partial charge on any atom is 0.137 e. The smallest absolute Gasteiger partial charge is 0.137 e. The van der Waals surface area contributed by atoms with Crippen LogP contribution in [-0.2, 0) is 6.54 Å². The van der Waals surface area contributed by atoms with Crippen molar-refractivity contribution < 1.29 is 4.39 Å². The van der Waals surface area contributed by atoms with E-state index >= 15 is 0 Å². The molecule has 0 saturated heterocycles. The van der Waals surface area contributed by atoms with E-state index in [2.05, 4.69) is 21.2 Å². The maximum absolute atomic E-state index is 13.1. The van der Waals surface area contributed by atoms with Gasteiger partial charge < -0.3 is 5.32 Å². The maximum atomic E-state index is 13.1. The van der Waals surface area contributed by atoms with E-state index in [1.54, 1.807) is 12.1 Å². The summed E-state index contributed by atoms with van der Waals surface area (Å²) in [4.78, 5) is 0. The van der Waals surface area contributed by atoms with Crippen LogP contribution in [0.2, 0.25) is 0 Å². The molecule has 0 bridgehead atoms. The first-order chi connectivity index (χ1) is 9.16. The monoisotopic (exact) mass is 341 g/mol. The summed E-state index contributed by atoms with van der Waals surface area (Å²) in [7, 11) is 0. The third kappa shape index (κ3) is 4.30. The molecule has 0 heterocycles. The lowest BCUT2D eigenvalue weighted by atomic mass is 10.1. The molecule has 4 heteroatoms. The molecule has 100 valence electrons. The van der Waals surface area contributed by atoms with E-state index in [1.165, 1.54) is 6.07 Å². The van der Waals surface area contributed by atoms with E-state index in [0.29, 0.717) is 17.6 Å². The van der Waals surface area contributed by atoms with Gasteiger partial charge in [0.05, 0.1) is 9.85 Å². The predicted octanol–water partition coefficient (Wildman–Crippen LogP) is 4.66. The minimum atomic E-state index is -0.247. The number of benzene rings is 2. The molecule has 1 atom stereocenters. The van der Waals surface area contributed by atoms with Gasteiger partial charge in [0.1, 0.15) is 5.82 Å². The van der Waals surface area contributed by atoms with Gasteiger partial charge in [0.25, 0.3) is 0 Å². The fourth-order valence-corrected chi connectivity index (χ4v) is 2.45. The Morgan fingerprint density at radius 1 is 1.16 bits per heavy atom. The summed E-state index contributed by atoms with van der Waals surface area (Å²) in [5.41, 5.74) is 2.11. The van der Waals surface area contributed by atoms with Crippen molar-refractivity contribution in [3.8, 4) is 0 Å². The number of alkyl halides is 1. The van der Waals surface area contributed by atoms with Crippen molar-refractivity contribution in [1.29, 1.82) is 0 Å². The fourth-order valence-electron chi connectivity index (χ4n) is 1.77. The largest absolute Gasteiger partial charge is 0.311 e. The lowest BCUT2D eigenvalue weighted by molar-refractivity contribution is 0.617. The quantitative estimate of drug-likeness (QED) is 0.779. The first-order valence-corrected chi connectivity index (χ1v) is 7.23. The second kappa shape index (κ2) is 7.04. The summed E-state index contributed by atoms with van der Waals surface area (Å²) in [6.45, 7) is 1.33. The molecule has 2 rings (SSSR count). The van der Waals surface area contributed by atoms with Crippen molar-refractivity contribution >= 4 is 27.5 Å². The van der Waals surface area contributed by atoms with E-state index in [0.717, 1.165) is 11.1 Å². The van der Waals surface area contributed by atoms with Crippen LogP contribution in [0.4, 0.5) is 4.39 Å². The predicted molar refractivity (Wildman–Crippen MR) is 80.8 cm³/mol. The second-order valence-electron chi connectivity index (χ2n) is 4.26. The van der Waals surface area contributed by atoms with Crippen molar-refractivity contribution in [3.63, 3.8) is 0 Å². The van der Waals surface area contributed by atoms with Crippen LogP contribution in [-0.4, -0.2) is 6.54 Å². The fraction of sp³-hybridized carbons (Fsp3) is 0.200. The first-order valence-electron chi connectivity index (χ1n) is 6.00. The molecule has 0 aliphatic carbocycles. The SMILES string of the molecule is Fc1ccc(CNCC(Cl)c2ccccc2)cc1Br. The molecule has 2 aromatic rings. The average molecular weight is 343 g/mol. The van der Waals surface area contributed by atoms with E-state index < -0.39 is 0 Å². The number of nitrogens with one attached hydrogen (secondary N) is 1. The molecule has 0 aliphatic rings. The summed E-state index contributed by atoms with van der Waals surface area (Å²) < 4.78 is 13.6. The van der Waals surface area contributed by atoms with E-state index in [9.17, 15) is 4.39 Å². The Morgan fingerprint density at radius 3 is 2.58 bits per heavy atom. The van der Waals surface area contributed by atoms with Gasteiger partial charge in [-0.25, -0.2) is 4.39 Å². The molecule has 2 aromatic carbocycles. The number of rotatable bonds is 5. The molecule has 19 heavy (non-hydrogen) atoms. The Hall–Kier alpha value is -0.900. The summed E-state index contributed by atoms with van der Waals surface area (Å²) in [6.07, 6.45) is 0. The van der Waals surface area contributed by atoms with Crippen molar-refractivity contribution in [2.24, 2.45) is 0 Å². The molecule has 1 nitrogen and oxygen atoms in total. The van der Waals surface area contributed by atoms with Gasteiger partial charge in [-0.2, -0.15) is 0 Å². The molecule has 0 spiro atoms. The Kier molecular flexibility index (Phi) is 5.37. The summed E-state index contributed by atoms with van der Waals surface area (Å²) in [5, 5.41) is 3.21.